The lowest BCUT2D eigenvalue weighted by Crippen LogP contribution is -2.15. The lowest BCUT2D eigenvalue weighted by Gasteiger charge is -2.06. The van der Waals surface area contributed by atoms with Gasteiger partial charge in [-0.25, -0.2) is 0 Å². The number of anilines is 1. The number of halogens is 1. The number of hydrogen-bond donors (Lipinski definition) is 2. The van der Waals surface area contributed by atoms with E-state index >= 15 is 0 Å². The Morgan fingerprint density at radius 2 is 1.83 bits per heavy atom. The summed E-state index contributed by atoms with van der Waals surface area (Å²) in [6.07, 6.45) is 1.38. The molecule has 0 saturated heterocycles. The molecule has 128 valence electrons. The van der Waals surface area contributed by atoms with Gasteiger partial charge < -0.3 is 15.2 Å². The number of carbonyl (C=O) groups excluding carboxylic acids is 1. The first kappa shape index (κ1) is 18.3. The summed E-state index contributed by atoms with van der Waals surface area (Å²) in [5, 5.41) is 8.49. The maximum atomic E-state index is 12.0. The molecule has 0 bridgehead atoms. The van der Waals surface area contributed by atoms with E-state index in [4.69, 9.17) is 0 Å². The second-order valence-electron chi connectivity index (χ2n) is 5.75. The zero-order valence-corrected chi connectivity index (χ0v) is 15.0. The Labute approximate surface area is 148 Å². The van der Waals surface area contributed by atoms with E-state index in [0.717, 1.165) is 25.2 Å². The number of nitrogens with one attached hydrogen (secondary N) is 2. The fourth-order valence-corrected chi connectivity index (χ4v) is 3.12. The maximum Gasteiger partial charge on any atom is 0.224 e. The van der Waals surface area contributed by atoms with E-state index in [0.29, 0.717) is 6.42 Å². The minimum absolute atomic E-state index is 0. The highest BCUT2D eigenvalue weighted by Gasteiger charge is 2.10. The molecule has 1 amide bonds. The van der Waals surface area contributed by atoms with Gasteiger partial charge in [-0.2, -0.15) is 0 Å². The number of hydrogen-bond acceptors (Lipinski definition) is 2. The summed E-state index contributed by atoms with van der Waals surface area (Å²) in [5.74, 6) is 0.0684. The van der Waals surface area contributed by atoms with Crippen molar-refractivity contribution in [2.75, 3.05) is 18.9 Å². The number of benzene rings is 2. The summed E-state index contributed by atoms with van der Waals surface area (Å²) in [7, 11) is 1.90. The molecule has 0 atom stereocenters. The molecule has 0 saturated carbocycles. The van der Waals surface area contributed by atoms with Crippen LogP contribution < -0.4 is 10.6 Å². The number of amides is 1. The van der Waals surface area contributed by atoms with Gasteiger partial charge in [-0.1, -0.05) is 18.2 Å². The number of carbonyl (C=O) groups is 1. The van der Waals surface area contributed by atoms with Crippen molar-refractivity contribution in [1.29, 1.82) is 0 Å². The number of fused-ring (bicyclic) bond motifs is 3. The quantitative estimate of drug-likeness (QED) is 0.658. The zero-order valence-electron chi connectivity index (χ0n) is 14.1. The van der Waals surface area contributed by atoms with Crippen molar-refractivity contribution >= 4 is 45.8 Å². The fourth-order valence-electron chi connectivity index (χ4n) is 3.12. The van der Waals surface area contributed by atoms with Crippen LogP contribution in [-0.4, -0.2) is 24.1 Å². The molecule has 0 aliphatic rings. The standard InChI is InChI=1S/C19H23N3O.ClH/c1-3-22-17-8-5-4-7-15(17)16-13-14(10-11-18(16)22)21-19(23)9-6-12-20-2;/h4-5,7-8,10-11,13,20H,3,6,9,12H2,1-2H3,(H,21,23);1H. The molecule has 24 heavy (non-hydrogen) atoms. The molecule has 0 spiro atoms. The van der Waals surface area contributed by atoms with Crippen LogP contribution in [0.1, 0.15) is 19.8 Å². The van der Waals surface area contributed by atoms with Gasteiger partial charge in [-0.05, 0) is 51.2 Å². The van der Waals surface area contributed by atoms with Crippen molar-refractivity contribution < 1.29 is 4.79 Å². The Morgan fingerprint density at radius 1 is 1.08 bits per heavy atom. The Bertz CT molecular complexity index is 841. The van der Waals surface area contributed by atoms with Crippen LogP contribution in [0.2, 0.25) is 0 Å². The fraction of sp³-hybridized carbons (Fsp3) is 0.316. The van der Waals surface area contributed by atoms with Crippen LogP contribution >= 0.6 is 12.4 Å². The molecule has 2 aromatic carbocycles. The molecule has 5 heteroatoms. The third-order valence-electron chi connectivity index (χ3n) is 4.20. The van der Waals surface area contributed by atoms with Crippen molar-refractivity contribution in [2.45, 2.75) is 26.3 Å². The largest absolute Gasteiger partial charge is 0.341 e. The van der Waals surface area contributed by atoms with Gasteiger partial charge in [-0.3, -0.25) is 4.79 Å². The third kappa shape index (κ3) is 3.55. The van der Waals surface area contributed by atoms with E-state index in [-0.39, 0.29) is 18.3 Å². The van der Waals surface area contributed by atoms with E-state index in [2.05, 4.69) is 58.5 Å². The van der Waals surface area contributed by atoms with Gasteiger partial charge in [0.05, 0.1) is 0 Å². The highest BCUT2D eigenvalue weighted by Crippen LogP contribution is 2.30. The predicted octanol–water partition coefficient (Wildman–Crippen LogP) is 4.17. The molecule has 0 aliphatic heterocycles. The lowest BCUT2D eigenvalue weighted by molar-refractivity contribution is -0.116. The second kappa shape index (κ2) is 8.18. The summed E-state index contributed by atoms with van der Waals surface area (Å²) in [6, 6.07) is 14.6. The van der Waals surface area contributed by atoms with E-state index < -0.39 is 0 Å². The summed E-state index contributed by atoms with van der Waals surface area (Å²) in [4.78, 5) is 12.0. The SMILES string of the molecule is CCn1c2ccccc2c2cc(NC(=O)CCCNC)ccc21.Cl. The molecule has 3 aromatic rings. The van der Waals surface area contributed by atoms with Crippen LogP contribution in [0.25, 0.3) is 21.8 Å². The highest BCUT2D eigenvalue weighted by atomic mass is 35.5. The van der Waals surface area contributed by atoms with Crippen LogP contribution in [0, 0.1) is 0 Å². The summed E-state index contributed by atoms with van der Waals surface area (Å²) < 4.78 is 2.31. The molecular formula is C19H24ClN3O. The normalized spacial score (nSPS) is 10.8. The molecule has 2 N–H and O–H groups in total. The molecule has 3 rings (SSSR count). The molecule has 0 aliphatic carbocycles. The van der Waals surface area contributed by atoms with E-state index in [1.165, 1.54) is 21.8 Å². The van der Waals surface area contributed by atoms with Crippen molar-refractivity contribution in [3.05, 3.63) is 42.5 Å². The molecule has 1 heterocycles. The minimum atomic E-state index is 0. The molecule has 4 nitrogen and oxygen atoms in total. The average molecular weight is 346 g/mol. The Hall–Kier alpha value is -2.04. The van der Waals surface area contributed by atoms with Gasteiger partial charge in [-0.15, -0.1) is 12.4 Å². The number of nitrogens with zero attached hydrogens (tertiary/aromatic N) is 1. The Morgan fingerprint density at radius 3 is 2.58 bits per heavy atom. The molecule has 1 aromatic heterocycles. The van der Waals surface area contributed by atoms with E-state index in [1.54, 1.807) is 0 Å². The van der Waals surface area contributed by atoms with Crippen molar-refractivity contribution in [3.63, 3.8) is 0 Å². The average Bonchev–Trinajstić information content (AvgIpc) is 2.88. The number of rotatable bonds is 6. The number of aromatic nitrogens is 1. The zero-order chi connectivity index (χ0) is 16.2. The first-order valence-electron chi connectivity index (χ1n) is 8.20. The predicted molar refractivity (Wildman–Crippen MR) is 104 cm³/mol. The molecule has 0 unspecified atom stereocenters. The molecular weight excluding hydrogens is 322 g/mol. The van der Waals surface area contributed by atoms with Crippen LogP contribution in [0.5, 0.6) is 0 Å². The van der Waals surface area contributed by atoms with Gasteiger partial charge in [0.25, 0.3) is 0 Å². The van der Waals surface area contributed by atoms with Gasteiger partial charge in [0, 0.05) is 40.5 Å². The smallest absolute Gasteiger partial charge is 0.224 e. The van der Waals surface area contributed by atoms with Gasteiger partial charge in [0.15, 0.2) is 0 Å². The highest BCUT2D eigenvalue weighted by molar-refractivity contribution is 6.09. The topological polar surface area (TPSA) is 46.1 Å². The molecule has 0 fully saturated rings. The van der Waals surface area contributed by atoms with Crippen LogP contribution in [0.3, 0.4) is 0 Å². The Balaban J connectivity index is 0.00000208. The first-order valence-corrected chi connectivity index (χ1v) is 8.20. The minimum Gasteiger partial charge on any atom is -0.341 e. The van der Waals surface area contributed by atoms with Crippen molar-refractivity contribution in [2.24, 2.45) is 0 Å². The number of aryl methyl sites for hydroxylation is 1. The van der Waals surface area contributed by atoms with Crippen molar-refractivity contribution in [3.8, 4) is 0 Å². The summed E-state index contributed by atoms with van der Waals surface area (Å²) >= 11 is 0. The monoisotopic (exact) mass is 345 g/mol. The summed E-state index contributed by atoms with van der Waals surface area (Å²) in [5.41, 5.74) is 3.32. The van der Waals surface area contributed by atoms with E-state index in [9.17, 15) is 4.79 Å². The molecule has 0 radical (unpaired) electrons. The van der Waals surface area contributed by atoms with Crippen LogP contribution in [-0.2, 0) is 11.3 Å². The van der Waals surface area contributed by atoms with Crippen LogP contribution in [0.15, 0.2) is 42.5 Å². The summed E-state index contributed by atoms with van der Waals surface area (Å²) in [6.45, 7) is 3.94. The maximum absolute atomic E-state index is 12.0. The van der Waals surface area contributed by atoms with Gasteiger partial charge >= 0.3 is 0 Å². The van der Waals surface area contributed by atoms with Gasteiger partial charge in [0.2, 0.25) is 5.91 Å². The lowest BCUT2D eigenvalue weighted by atomic mass is 10.1. The van der Waals surface area contributed by atoms with Crippen LogP contribution in [0.4, 0.5) is 5.69 Å². The van der Waals surface area contributed by atoms with E-state index in [1.807, 2.05) is 13.1 Å². The van der Waals surface area contributed by atoms with Crippen molar-refractivity contribution in [1.82, 2.24) is 9.88 Å². The Kier molecular flexibility index (Phi) is 6.23. The first-order chi connectivity index (χ1) is 11.2. The second-order valence-corrected chi connectivity index (χ2v) is 5.75. The van der Waals surface area contributed by atoms with Gasteiger partial charge in [0.1, 0.15) is 0 Å². The third-order valence-corrected chi connectivity index (χ3v) is 4.20. The number of para-hydroxylation sites is 1.